The predicted octanol–water partition coefficient (Wildman–Crippen LogP) is 4.89. The van der Waals surface area contributed by atoms with Crippen molar-refractivity contribution in [2.75, 3.05) is 26.2 Å². The van der Waals surface area contributed by atoms with E-state index in [1.165, 1.54) is 23.9 Å². The molecule has 3 aromatic rings. The van der Waals surface area contributed by atoms with E-state index in [9.17, 15) is 18.4 Å². The Kier molecular flexibility index (Phi) is 7.72. The second-order valence-electron chi connectivity index (χ2n) is 8.54. The number of rotatable bonds is 7. The molecule has 5 nitrogen and oxygen atoms in total. The van der Waals surface area contributed by atoms with Gasteiger partial charge in [0.25, 0.3) is 5.91 Å². The van der Waals surface area contributed by atoms with Crippen LogP contribution in [0.4, 0.5) is 8.78 Å². The van der Waals surface area contributed by atoms with Crippen LogP contribution < -0.4 is 10.7 Å². The highest BCUT2D eigenvalue weighted by Crippen LogP contribution is 2.44. The van der Waals surface area contributed by atoms with Crippen molar-refractivity contribution < 1.29 is 13.6 Å². The Morgan fingerprint density at radius 2 is 1.86 bits per heavy atom. The Bertz CT molecular complexity index is 1300. The van der Waals surface area contributed by atoms with Crippen molar-refractivity contribution in [1.82, 2.24) is 14.8 Å². The highest BCUT2D eigenvalue weighted by Gasteiger charge is 2.29. The molecule has 2 aromatic carbocycles. The highest BCUT2D eigenvalue weighted by atomic mass is 32.2. The molecule has 1 amide bonds. The molecular weight excluding hydrogens is 468 g/mol. The lowest BCUT2D eigenvalue weighted by molar-refractivity contribution is 0.0946. The van der Waals surface area contributed by atoms with Gasteiger partial charge in [-0.15, -0.1) is 11.8 Å². The molecular formula is C27H29F2N3O2S. The summed E-state index contributed by atoms with van der Waals surface area (Å²) in [5.41, 5.74) is 2.49. The average Bonchev–Trinajstić information content (AvgIpc) is 3.01. The number of aryl methyl sites for hydroxylation is 1. The number of likely N-dealkylation sites (N-methyl/N-ethyl adjacent to an activating group) is 1. The number of aromatic nitrogens is 1. The number of carbonyl (C=O) groups excluding carboxylic acids is 1. The number of halogens is 2. The third-order valence-electron chi connectivity index (χ3n) is 6.40. The molecule has 1 atom stereocenters. The van der Waals surface area contributed by atoms with Crippen LogP contribution in [0.1, 0.15) is 46.4 Å². The Hall–Kier alpha value is -2.97. The second kappa shape index (κ2) is 10.7. The van der Waals surface area contributed by atoms with Gasteiger partial charge < -0.3 is 14.8 Å². The fourth-order valence-electron chi connectivity index (χ4n) is 4.53. The van der Waals surface area contributed by atoms with E-state index in [0.717, 1.165) is 29.7 Å². The molecule has 4 rings (SSSR count). The molecule has 1 aliphatic rings. The van der Waals surface area contributed by atoms with Gasteiger partial charge in [0.15, 0.2) is 17.1 Å². The van der Waals surface area contributed by atoms with Crippen LogP contribution in [0.5, 0.6) is 0 Å². The van der Waals surface area contributed by atoms with Crippen molar-refractivity contribution in [2.24, 2.45) is 0 Å². The highest BCUT2D eigenvalue weighted by molar-refractivity contribution is 7.99. The largest absolute Gasteiger partial charge is 0.351 e. The number of nitrogens with zero attached hydrogens (tertiary/aromatic N) is 2. The van der Waals surface area contributed by atoms with Crippen LogP contribution in [0, 0.1) is 18.6 Å². The SMILES string of the molecule is CCN(CC)CCNC(=O)c1c2n(c(C)cc1=O)-c1ccccc1S[C@@H](c1ccc(F)c(F)c1)C2. The Balaban J connectivity index is 1.81. The van der Waals surface area contributed by atoms with Crippen molar-refractivity contribution in [2.45, 2.75) is 37.3 Å². The van der Waals surface area contributed by atoms with Crippen LogP contribution in [0.3, 0.4) is 0 Å². The van der Waals surface area contributed by atoms with E-state index in [-0.39, 0.29) is 16.2 Å². The van der Waals surface area contributed by atoms with Gasteiger partial charge >= 0.3 is 0 Å². The normalized spacial score (nSPS) is 14.9. The first-order chi connectivity index (χ1) is 16.8. The molecule has 0 unspecified atom stereocenters. The summed E-state index contributed by atoms with van der Waals surface area (Å²) in [6.07, 6.45) is 0.306. The third-order valence-corrected chi connectivity index (χ3v) is 7.72. The number of pyridine rings is 1. The molecule has 0 saturated carbocycles. The molecule has 0 bridgehead atoms. The van der Waals surface area contributed by atoms with E-state index < -0.39 is 17.5 Å². The molecule has 0 spiro atoms. The molecule has 1 N–H and O–H groups in total. The minimum absolute atomic E-state index is 0.0973. The predicted molar refractivity (Wildman–Crippen MR) is 136 cm³/mol. The summed E-state index contributed by atoms with van der Waals surface area (Å²) < 4.78 is 29.7. The summed E-state index contributed by atoms with van der Waals surface area (Å²) in [6.45, 7) is 8.82. The Morgan fingerprint density at radius 3 is 2.57 bits per heavy atom. The van der Waals surface area contributed by atoms with Gasteiger partial charge in [-0.25, -0.2) is 8.78 Å². The number of hydrogen-bond acceptors (Lipinski definition) is 4. The minimum Gasteiger partial charge on any atom is -0.351 e. The van der Waals surface area contributed by atoms with E-state index in [1.54, 1.807) is 6.07 Å². The Morgan fingerprint density at radius 1 is 1.11 bits per heavy atom. The maximum absolute atomic E-state index is 14.1. The van der Waals surface area contributed by atoms with Crippen molar-refractivity contribution in [3.05, 3.63) is 92.9 Å². The zero-order valence-electron chi connectivity index (χ0n) is 20.1. The summed E-state index contributed by atoms with van der Waals surface area (Å²) in [7, 11) is 0. The lowest BCUT2D eigenvalue weighted by Gasteiger charge is -2.21. The van der Waals surface area contributed by atoms with E-state index in [0.29, 0.717) is 36.5 Å². The number of thioether (sulfide) groups is 1. The van der Waals surface area contributed by atoms with Gasteiger partial charge in [-0.3, -0.25) is 9.59 Å². The summed E-state index contributed by atoms with van der Waals surface area (Å²) in [5.74, 6) is -2.25. The molecule has 0 saturated heterocycles. The van der Waals surface area contributed by atoms with Crippen LogP contribution in [0.25, 0.3) is 5.69 Å². The van der Waals surface area contributed by atoms with E-state index in [1.807, 2.05) is 35.8 Å². The molecule has 2 heterocycles. The monoisotopic (exact) mass is 497 g/mol. The van der Waals surface area contributed by atoms with E-state index in [4.69, 9.17) is 0 Å². The van der Waals surface area contributed by atoms with Gasteiger partial charge in [0.1, 0.15) is 5.56 Å². The number of para-hydroxylation sites is 1. The van der Waals surface area contributed by atoms with Crippen molar-refractivity contribution in [1.29, 1.82) is 0 Å². The molecule has 184 valence electrons. The molecule has 0 fully saturated rings. The first kappa shape index (κ1) is 25.1. The molecule has 8 heteroatoms. The smallest absolute Gasteiger partial charge is 0.257 e. The summed E-state index contributed by atoms with van der Waals surface area (Å²) in [5, 5.41) is 2.60. The van der Waals surface area contributed by atoms with Crippen LogP contribution in [0.15, 0.2) is 58.2 Å². The fraction of sp³-hybridized carbons (Fsp3) is 0.333. The van der Waals surface area contributed by atoms with E-state index in [2.05, 4.69) is 24.1 Å². The van der Waals surface area contributed by atoms with Gasteiger partial charge in [0.05, 0.1) is 5.69 Å². The van der Waals surface area contributed by atoms with Crippen molar-refractivity contribution in [3.8, 4) is 5.69 Å². The van der Waals surface area contributed by atoms with Crippen LogP contribution in [-0.4, -0.2) is 41.6 Å². The second-order valence-corrected chi connectivity index (χ2v) is 9.79. The number of benzene rings is 2. The summed E-state index contributed by atoms with van der Waals surface area (Å²) in [6, 6.07) is 13.1. The number of fused-ring (bicyclic) bond motifs is 3. The van der Waals surface area contributed by atoms with Gasteiger partial charge in [-0.2, -0.15) is 0 Å². The number of carbonyl (C=O) groups is 1. The standard InChI is InChI=1S/C27H29F2N3O2S/c1-4-31(5-2)13-12-30-27(34)26-22-16-25(18-10-11-19(28)20(29)15-18)35-24-9-7-6-8-21(24)32(22)17(3)14-23(26)33/h6-11,14-15,25H,4-5,12-13,16H2,1-3H3,(H,30,34)/t25-/m1/s1. The maximum atomic E-state index is 14.1. The van der Waals surface area contributed by atoms with E-state index >= 15 is 0 Å². The number of nitrogens with one attached hydrogen (secondary N) is 1. The van der Waals surface area contributed by atoms with Gasteiger partial charge in [0.2, 0.25) is 0 Å². The lowest BCUT2D eigenvalue weighted by Crippen LogP contribution is -2.38. The number of hydrogen-bond donors (Lipinski definition) is 1. The fourth-order valence-corrected chi connectivity index (χ4v) is 5.80. The lowest BCUT2D eigenvalue weighted by atomic mass is 10.0. The molecule has 0 aliphatic carbocycles. The zero-order valence-corrected chi connectivity index (χ0v) is 20.9. The van der Waals surface area contributed by atoms with Crippen LogP contribution in [0.2, 0.25) is 0 Å². The zero-order chi connectivity index (χ0) is 25.1. The minimum atomic E-state index is -0.920. The van der Waals surface area contributed by atoms with Crippen molar-refractivity contribution >= 4 is 17.7 Å². The van der Waals surface area contributed by atoms with Gasteiger partial charge in [-0.05, 0) is 49.8 Å². The summed E-state index contributed by atoms with van der Waals surface area (Å²) >= 11 is 1.51. The molecule has 0 radical (unpaired) electrons. The quantitative estimate of drug-likeness (QED) is 0.505. The Labute approximate surface area is 208 Å². The van der Waals surface area contributed by atoms with Gasteiger partial charge in [-0.1, -0.05) is 32.0 Å². The van der Waals surface area contributed by atoms with Crippen molar-refractivity contribution in [3.63, 3.8) is 0 Å². The molecule has 1 aliphatic heterocycles. The maximum Gasteiger partial charge on any atom is 0.257 e. The first-order valence-electron chi connectivity index (χ1n) is 11.8. The van der Waals surface area contributed by atoms with Gasteiger partial charge in [0, 0.05) is 47.1 Å². The molecule has 35 heavy (non-hydrogen) atoms. The van der Waals surface area contributed by atoms with Crippen LogP contribution >= 0.6 is 11.8 Å². The molecule has 1 aromatic heterocycles. The topological polar surface area (TPSA) is 54.3 Å². The van der Waals surface area contributed by atoms with Crippen LogP contribution in [-0.2, 0) is 6.42 Å². The average molecular weight is 498 g/mol. The summed E-state index contributed by atoms with van der Waals surface area (Å²) in [4.78, 5) is 29.6. The first-order valence-corrected chi connectivity index (χ1v) is 12.7. The number of amides is 1. The third kappa shape index (κ3) is 5.18.